The molecule has 0 bridgehead atoms. The minimum absolute atomic E-state index is 0.855. The summed E-state index contributed by atoms with van der Waals surface area (Å²) in [6.45, 7) is 3.60. The van der Waals surface area contributed by atoms with Crippen molar-refractivity contribution in [2.24, 2.45) is 11.8 Å². The van der Waals surface area contributed by atoms with Crippen molar-refractivity contribution in [1.29, 1.82) is 0 Å². The van der Waals surface area contributed by atoms with E-state index in [1.165, 1.54) is 45.1 Å². The molecule has 1 aliphatic carbocycles. The molecule has 2 atom stereocenters. The van der Waals surface area contributed by atoms with Crippen LogP contribution in [0.5, 0.6) is 0 Å². The van der Waals surface area contributed by atoms with E-state index >= 15 is 0 Å². The van der Waals surface area contributed by atoms with Crippen LogP contribution in [0.1, 0.15) is 45.4 Å². The molecule has 70 valence electrons. The van der Waals surface area contributed by atoms with Gasteiger partial charge in [0.25, 0.3) is 0 Å². The first-order valence-electron chi connectivity index (χ1n) is 5.65. The lowest BCUT2D eigenvalue weighted by Crippen LogP contribution is -2.29. The highest BCUT2D eigenvalue weighted by Crippen LogP contribution is 2.37. The summed E-state index contributed by atoms with van der Waals surface area (Å²) >= 11 is 0. The number of rotatable bonds is 2. The quantitative estimate of drug-likeness (QED) is 0.666. The average Bonchev–Trinajstić information content (AvgIpc) is 2.74. The normalized spacial score (nSPS) is 37.8. The molecule has 1 heterocycles. The predicted molar refractivity (Wildman–Crippen MR) is 52.1 cm³/mol. The molecule has 0 amide bonds. The molecule has 1 N–H and O–H groups in total. The second-order valence-electron chi connectivity index (χ2n) is 4.47. The Morgan fingerprint density at radius 2 is 1.92 bits per heavy atom. The van der Waals surface area contributed by atoms with E-state index in [4.69, 9.17) is 0 Å². The van der Waals surface area contributed by atoms with E-state index in [-0.39, 0.29) is 0 Å². The van der Waals surface area contributed by atoms with Crippen LogP contribution < -0.4 is 5.32 Å². The molecule has 0 spiro atoms. The molecule has 2 unspecified atom stereocenters. The van der Waals surface area contributed by atoms with Crippen molar-refractivity contribution in [1.82, 2.24) is 5.32 Å². The first kappa shape index (κ1) is 8.55. The fourth-order valence-electron chi connectivity index (χ4n) is 3.18. The molecular formula is C11H21N. The van der Waals surface area contributed by atoms with Crippen LogP contribution in [0, 0.1) is 11.8 Å². The molecule has 0 radical (unpaired) electrons. The average molecular weight is 167 g/mol. The summed E-state index contributed by atoms with van der Waals surface area (Å²) in [6, 6.07) is 0.855. The molecule has 1 heteroatoms. The van der Waals surface area contributed by atoms with E-state index < -0.39 is 0 Å². The van der Waals surface area contributed by atoms with Gasteiger partial charge in [-0.25, -0.2) is 0 Å². The summed E-state index contributed by atoms with van der Waals surface area (Å²) in [5.74, 6) is 2.10. The van der Waals surface area contributed by atoms with Crippen molar-refractivity contribution in [2.45, 2.75) is 51.5 Å². The maximum Gasteiger partial charge on any atom is 0.00958 e. The fraction of sp³-hybridized carbons (Fsp3) is 1.00. The van der Waals surface area contributed by atoms with Gasteiger partial charge in [0.2, 0.25) is 0 Å². The Morgan fingerprint density at radius 1 is 1.17 bits per heavy atom. The Balaban J connectivity index is 1.92. The smallest absolute Gasteiger partial charge is 0.00958 e. The van der Waals surface area contributed by atoms with Crippen molar-refractivity contribution < 1.29 is 0 Å². The van der Waals surface area contributed by atoms with E-state index in [1.807, 2.05) is 0 Å². The van der Waals surface area contributed by atoms with Gasteiger partial charge in [-0.15, -0.1) is 0 Å². The first-order chi connectivity index (χ1) is 5.92. The van der Waals surface area contributed by atoms with E-state index in [9.17, 15) is 0 Å². The molecule has 1 saturated heterocycles. The molecule has 2 aliphatic rings. The van der Waals surface area contributed by atoms with Crippen LogP contribution in [0.15, 0.2) is 0 Å². The highest BCUT2D eigenvalue weighted by atomic mass is 14.9. The van der Waals surface area contributed by atoms with Crippen molar-refractivity contribution in [2.75, 3.05) is 6.54 Å². The molecule has 0 aromatic heterocycles. The molecule has 0 aromatic rings. The summed E-state index contributed by atoms with van der Waals surface area (Å²) < 4.78 is 0. The lowest BCUT2D eigenvalue weighted by atomic mass is 9.84. The lowest BCUT2D eigenvalue weighted by Gasteiger charge is -2.23. The van der Waals surface area contributed by atoms with Crippen molar-refractivity contribution in [3.63, 3.8) is 0 Å². The number of hydrogen-bond acceptors (Lipinski definition) is 1. The highest BCUT2D eigenvalue weighted by Gasteiger charge is 2.33. The third-order valence-electron chi connectivity index (χ3n) is 3.85. The maximum absolute atomic E-state index is 3.63. The zero-order valence-electron chi connectivity index (χ0n) is 8.18. The Bertz CT molecular complexity index is 138. The standard InChI is InChI=1S/C11H21N/c1-2-11-10(7-8-12-11)9-5-3-4-6-9/h9-12H,2-8H2,1H3. The zero-order chi connectivity index (χ0) is 8.39. The Kier molecular flexibility index (Phi) is 2.69. The topological polar surface area (TPSA) is 12.0 Å². The van der Waals surface area contributed by atoms with Gasteiger partial charge in [0.1, 0.15) is 0 Å². The predicted octanol–water partition coefficient (Wildman–Crippen LogP) is 2.56. The minimum Gasteiger partial charge on any atom is -0.314 e. The number of nitrogens with one attached hydrogen (secondary N) is 1. The Labute approximate surface area is 75.9 Å². The molecule has 1 nitrogen and oxygen atoms in total. The zero-order valence-corrected chi connectivity index (χ0v) is 8.18. The van der Waals surface area contributed by atoms with Crippen molar-refractivity contribution in [3.05, 3.63) is 0 Å². The fourth-order valence-corrected chi connectivity index (χ4v) is 3.18. The molecule has 1 saturated carbocycles. The second-order valence-corrected chi connectivity index (χ2v) is 4.47. The van der Waals surface area contributed by atoms with Gasteiger partial charge in [-0.3, -0.25) is 0 Å². The van der Waals surface area contributed by atoms with Crippen LogP contribution in [0.3, 0.4) is 0 Å². The van der Waals surface area contributed by atoms with Crippen molar-refractivity contribution >= 4 is 0 Å². The van der Waals surface area contributed by atoms with Crippen LogP contribution in [-0.4, -0.2) is 12.6 Å². The molecule has 1 aliphatic heterocycles. The van der Waals surface area contributed by atoms with Gasteiger partial charge < -0.3 is 5.32 Å². The first-order valence-corrected chi connectivity index (χ1v) is 5.65. The summed E-state index contributed by atoms with van der Waals surface area (Å²) in [5.41, 5.74) is 0. The van der Waals surface area contributed by atoms with E-state index in [2.05, 4.69) is 12.2 Å². The van der Waals surface area contributed by atoms with Gasteiger partial charge >= 0.3 is 0 Å². The molecule has 0 aromatic carbocycles. The molecule has 12 heavy (non-hydrogen) atoms. The van der Waals surface area contributed by atoms with Crippen LogP contribution >= 0.6 is 0 Å². The van der Waals surface area contributed by atoms with Gasteiger partial charge in [0.05, 0.1) is 0 Å². The summed E-state index contributed by atoms with van der Waals surface area (Å²) in [4.78, 5) is 0. The largest absolute Gasteiger partial charge is 0.314 e. The van der Waals surface area contributed by atoms with Gasteiger partial charge in [-0.05, 0) is 31.2 Å². The summed E-state index contributed by atoms with van der Waals surface area (Å²) in [5, 5.41) is 3.63. The SMILES string of the molecule is CCC1NCCC1C1CCCC1. The van der Waals surface area contributed by atoms with E-state index in [0.29, 0.717) is 0 Å². The monoisotopic (exact) mass is 167 g/mol. The van der Waals surface area contributed by atoms with Crippen molar-refractivity contribution in [3.8, 4) is 0 Å². The summed E-state index contributed by atoms with van der Waals surface area (Å²) in [7, 11) is 0. The molecule has 2 fully saturated rings. The summed E-state index contributed by atoms with van der Waals surface area (Å²) in [6.07, 6.45) is 8.81. The van der Waals surface area contributed by atoms with Gasteiger partial charge in [-0.1, -0.05) is 32.6 Å². The molecular weight excluding hydrogens is 146 g/mol. The van der Waals surface area contributed by atoms with Gasteiger partial charge in [0, 0.05) is 6.04 Å². The highest BCUT2D eigenvalue weighted by molar-refractivity contribution is 4.88. The maximum atomic E-state index is 3.63. The Morgan fingerprint density at radius 3 is 2.58 bits per heavy atom. The van der Waals surface area contributed by atoms with Gasteiger partial charge in [-0.2, -0.15) is 0 Å². The molecule has 2 rings (SSSR count). The second kappa shape index (κ2) is 3.78. The third-order valence-corrected chi connectivity index (χ3v) is 3.85. The lowest BCUT2D eigenvalue weighted by molar-refractivity contribution is 0.299. The van der Waals surface area contributed by atoms with Crippen LogP contribution in [0.2, 0.25) is 0 Å². The Hall–Kier alpha value is -0.0400. The minimum atomic E-state index is 0.855. The van der Waals surface area contributed by atoms with Crippen LogP contribution in [0.4, 0.5) is 0 Å². The van der Waals surface area contributed by atoms with Crippen LogP contribution in [0.25, 0.3) is 0 Å². The van der Waals surface area contributed by atoms with E-state index in [0.717, 1.165) is 17.9 Å². The third kappa shape index (κ3) is 1.52. The van der Waals surface area contributed by atoms with E-state index in [1.54, 1.807) is 0 Å². The van der Waals surface area contributed by atoms with Crippen LogP contribution in [-0.2, 0) is 0 Å². The van der Waals surface area contributed by atoms with Gasteiger partial charge in [0.15, 0.2) is 0 Å². The number of hydrogen-bond donors (Lipinski definition) is 1.